The molecule has 0 aromatic rings. The Balaban J connectivity index is 4.36. The van der Waals surface area contributed by atoms with E-state index >= 15 is 0 Å². The van der Waals surface area contributed by atoms with Crippen LogP contribution in [-0.2, 0) is 10.4 Å². The van der Waals surface area contributed by atoms with Crippen LogP contribution in [0.5, 0.6) is 0 Å². The first kappa shape index (κ1) is 7.84. The molecule has 0 heterocycles. The molecule has 0 bridgehead atoms. The fourth-order valence-electron chi connectivity index (χ4n) is 0.150. The van der Waals surface area contributed by atoms with Gasteiger partial charge in [0, 0.05) is 0 Å². The van der Waals surface area contributed by atoms with E-state index in [2.05, 4.69) is 4.40 Å². The van der Waals surface area contributed by atoms with Crippen molar-refractivity contribution < 1.29 is 12.3 Å². The minimum Gasteiger partial charge on any atom is -0.170 e. The number of nitrogens with zero attached hydrogens (tertiary/aromatic N) is 1. The van der Waals surface area contributed by atoms with E-state index in [1.54, 1.807) is 0 Å². The van der Waals surface area contributed by atoms with Crippen molar-refractivity contribution >= 4 is 27.2 Å². The minimum atomic E-state index is -4.77. The van der Waals surface area contributed by atoms with E-state index in [4.69, 9.17) is 11.6 Å². The van der Waals surface area contributed by atoms with Crippen LogP contribution in [0.1, 0.15) is 6.92 Å². The van der Waals surface area contributed by atoms with Gasteiger partial charge in [0.15, 0.2) is 0 Å². The van der Waals surface area contributed by atoms with Gasteiger partial charge in [-0.05, 0) is 6.92 Å². The molecule has 0 aliphatic carbocycles. The van der Waals surface area contributed by atoms with E-state index in [0.29, 0.717) is 0 Å². The first-order valence-electron chi connectivity index (χ1n) is 1.58. The van der Waals surface area contributed by atoms with Crippen molar-refractivity contribution in [3.05, 3.63) is 0 Å². The predicted octanol–water partition coefficient (Wildman–Crippen LogP) is 0.858. The summed E-state index contributed by atoms with van der Waals surface area (Å²) in [6, 6.07) is 0. The number of halogens is 2. The SMILES string of the molecule is CC(Cl)=NS(=O)(=O)F. The van der Waals surface area contributed by atoms with Crippen LogP contribution in [0.4, 0.5) is 3.89 Å². The topological polar surface area (TPSA) is 46.5 Å². The smallest absolute Gasteiger partial charge is 0.170 e. The van der Waals surface area contributed by atoms with Gasteiger partial charge in [0.2, 0.25) is 0 Å². The second-order valence-corrected chi connectivity index (χ2v) is 2.55. The van der Waals surface area contributed by atoms with Gasteiger partial charge in [-0.15, -0.1) is 4.40 Å². The third-order valence-corrected chi connectivity index (χ3v) is 0.912. The molecular formula is C2H3ClFNO2S. The monoisotopic (exact) mass is 159 g/mol. The average molecular weight is 160 g/mol. The third kappa shape index (κ3) is 5.84. The highest BCUT2D eigenvalue weighted by atomic mass is 35.5. The summed E-state index contributed by atoms with van der Waals surface area (Å²) in [7, 11) is -4.77. The van der Waals surface area contributed by atoms with Crippen LogP contribution in [0.15, 0.2) is 4.40 Å². The number of rotatable bonds is 1. The summed E-state index contributed by atoms with van der Waals surface area (Å²) < 4.78 is 32.7. The van der Waals surface area contributed by atoms with Crippen molar-refractivity contribution in [2.24, 2.45) is 4.40 Å². The van der Waals surface area contributed by atoms with Crippen molar-refractivity contribution in [3.8, 4) is 0 Å². The summed E-state index contributed by atoms with van der Waals surface area (Å²) >= 11 is 4.89. The van der Waals surface area contributed by atoms with E-state index in [-0.39, 0.29) is 5.17 Å². The summed E-state index contributed by atoms with van der Waals surface area (Å²) in [5, 5.41) is -0.340. The second-order valence-electron chi connectivity index (χ2n) is 1.00. The Morgan fingerprint density at radius 1 is 1.75 bits per heavy atom. The molecule has 0 saturated carbocycles. The normalized spacial score (nSPS) is 14.1. The molecule has 0 aromatic heterocycles. The highest BCUT2D eigenvalue weighted by Gasteiger charge is 2.00. The van der Waals surface area contributed by atoms with Crippen molar-refractivity contribution in [2.75, 3.05) is 0 Å². The quantitative estimate of drug-likeness (QED) is 0.421. The van der Waals surface area contributed by atoms with Crippen molar-refractivity contribution in [3.63, 3.8) is 0 Å². The standard InChI is InChI=1S/C2H3ClFNO2S/c1-2(3)5-8(4,6)7/h1H3. The third-order valence-electron chi connectivity index (χ3n) is 0.235. The van der Waals surface area contributed by atoms with Crippen LogP contribution in [0, 0.1) is 0 Å². The van der Waals surface area contributed by atoms with Gasteiger partial charge >= 0.3 is 10.4 Å². The lowest BCUT2D eigenvalue weighted by atomic mass is 10.9. The first-order valence-corrected chi connectivity index (χ1v) is 3.30. The molecule has 3 nitrogen and oxygen atoms in total. The Morgan fingerprint density at radius 2 is 2.12 bits per heavy atom. The summed E-state index contributed by atoms with van der Waals surface area (Å²) in [4.78, 5) is 0. The number of hydrogen-bond acceptors (Lipinski definition) is 2. The van der Waals surface area contributed by atoms with Gasteiger partial charge in [-0.3, -0.25) is 0 Å². The fourth-order valence-corrected chi connectivity index (χ4v) is 0.698. The molecule has 48 valence electrons. The Morgan fingerprint density at radius 3 is 2.12 bits per heavy atom. The average Bonchev–Trinajstić information content (AvgIpc) is 1.21. The maximum absolute atomic E-state index is 11.3. The molecule has 0 saturated heterocycles. The van der Waals surface area contributed by atoms with Crippen LogP contribution in [0.2, 0.25) is 0 Å². The zero-order valence-electron chi connectivity index (χ0n) is 3.93. The molecule has 0 amide bonds. The molecular weight excluding hydrogens is 157 g/mol. The van der Waals surface area contributed by atoms with Gasteiger partial charge in [0.25, 0.3) is 0 Å². The molecule has 0 N–H and O–H groups in total. The minimum absolute atomic E-state index is 0.340. The van der Waals surface area contributed by atoms with E-state index in [1.807, 2.05) is 0 Å². The molecule has 0 radical (unpaired) electrons. The molecule has 8 heavy (non-hydrogen) atoms. The fraction of sp³-hybridized carbons (Fsp3) is 0.500. The molecule has 0 atom stereocenters. The Bertz CT molecular complexity index is 192. The van der Waals surface area contributed by atoms with Gasteiger partial charge < -0.3 is 0 Å². The Hall–Kier alpha value is -0.160. The molecule has 0 fully saturated rings. The summed E-state index contributed by atoms with van der Waals surface area (Å²) in [5.41, 5.74) is 0. The van der Waals surface area contributed by atoms with Crippen molar-refractivity contribution in [1.82, 2.24) is 0 Å². The highest BCUT2D eigenvalue weighted by Crippen LogP contribution is 1.95. The molecule has 6 heteroatoms. The lowest BCUT2D eigenvalue weighted by molar-refractivity contribution is 0.554. The molecule has 0 rings (SSSR count). The predicted molar refractivity (Wildman–Crippen MR) is 29.0 cm³/mol. The first-order chi connectivity index (χ1) is 3.42. The van der Waals surface area contributed by atoms with Gasteiger partial charge in [-0.2, -0.15) is 8.42 Å². The van der Waals surface area contributed by atoms with Gasteiger partial charge in [0.1, 0.15) is 5.17 Å². The Labute approximate surface area is 51.5 Å². The molecule has 0 aliphatic rings. The van der Waals surface area contributed by atoms with Crippen LogP contribution < -0.4 is 0 Å². The zero-order chi connectivity index (χ0) is 6.78. The molecule has 0 spiro atoms. The molecule has 0 unspecified atom stereocenters. The zero-order valence-corrected chi connectivity index (χ0v) is 5.50. The lowest BCUT2D eigenvalue weighted by Crippen LogP contribution is -1.86. The number of hydrogen-bond donors (Lipinski definition) is 0. The van der Waals surface area contributed by atoms with Crippen LogP contribution >= 0.6 is 11.6 Å². The largest absolute Gasteiger partial charge is 0.419 e. The maximum atomic E-state index is 11.3. The van der Waals surface area contributed by atoms with E-state index in [9.17, 15) is 12.3 Å². The lowest BCUT2D eigenvalue weighted by Gasteiger charge is -1.78. The van der Waals surface area contributed by atoms with Crippen LogP contribution in [0.3, 0.4) is 0 Å². The van der Waals surface area contributed by atoms with Crippen molar-refractivity contribution in [1.29, 1.82) is 0 Å². The summed E-state index contributed by atoms with van der Waals surface area (Å²) in [6.45, 7) is 1.17. The van der Waals surface area contributed by atoms with E-state index in [0.717, 1.165) is 0 Å². The van der Waals surface area contributed by atoms with Gasteiger partial charge in [0.05, 0.1) is 0 Å². The molecule has 0 aromatic carbocycles. The van der Waals surface area contributed by atoms with E-state index in [1.165, 1.54) is 6.92 Å². The Kier molecular flexibility index (Phi) is 2.36. The second kappa shape index (κ2) is 2.41. The van der Waals surface area contributed by atoms with Gasteiger partial charge in [-0.1, -0.05) is 15.5 Å². The van der Waals surface area contributed by atoms with Crippen LogP contribution in [0.25, 0.3) is 0 Å². The van der Waals surface area contributed by atoms with Crippen molar-refractivity contribution in [2.45, 2.75) is 6.92 Å². The highest BCUT2D eigenvalue weighted by molar-refractivity contribution is 7.85. The maximum Gasteiger partial charge on any atom is 0.419 e. The van der Waals surface area contributed by atoms with Gasteiger partial charge in [-0.25, -0.2) is 0 Å². The summed E-state index contributed by atoms with van der Waals surface area (Å²) in [6.07, 6.45) is 0. The summed E-state index contributed by atoms with van der Waals surface area (Å²) in [5.74, 6) is 0. The van der Waals surface area contributed by atoms with Crippen LogP contribution in [-0.4, -0.2) is 13.6 Å². The molecule has 0 aliphatic heterocycles. The van der Waals surface area contributed by atoms with E-state index < -0.39 is 10.4 Å².